The van der Waals surface area contributed by atoms with Gasteiger partial charge in [0.05, 0.1) is 0 Å². The largest absolute Gasteiger partial charge is 0.461 e. The molecule has 1 aromatic carbocycles. The molecule has 0 radical (unpaired) electrons. The molecule has 0 unspecified atom stereocenters. The zero-order chi connectivity index (χ0) is 14.2. The van der Waals surface area contributed by atoms with Crippen LogP contribution >= 0.6 is 0 Å². The minimum atomic E-state index is 0.262. The summed E-state index contributed by atoms with van der Waals surface area (Å²) in [7, 11) is 0. The fourth-order valence-electron chi connectivity index (χ4n) is 3.83. The van der Waals surface area contributed by atoms with Crippen LogP contribution in [-0.2, 0) is 17.8 Å². The van der Waals surface area contributed by atoms with Crippen molar-refractivity contribution < 1.29 is 9.21 Å². The van der Waals surface area contributed by atoms with Gasteiger partial charge in [-0.05, 0) is 18.9 Å². The van der Waals surface area contributed by atoms with E-state index >= 15 is 0 Å². The Balaban J connectivity index is 1.59. The van der Waals surface area contributed by atoms with Crippen molar-refractivity contribution in [3.8, 4) is 0 Å². The smallest absolute Gasteiger partial charge is 0.225 e. The number of fused-ring (bicyclic) bond motifs is 3. The lowest BCUT2D eigenvalue weighted by atomic mass is 9.87. The number of furan rings is 1. The summed E-state index contributed by atoms with van der Waals surface area (Å²) in [5.41, 5.74) is 2.18. The van der Waals surface area contributed by atoms with E-state index in [1.807, 2.05) is 18.2 Å². The number of nitrogens with zero attached hydrogens (tertiary/aromatic N) is 1. The van der Waals surface area contributed by atoms with Crippen LogP contribution in [0.1, 0.15) is 43.4 Å². The maximum atomic E-state index is 12.7. The van der Waals surface area contributed by atoms with Crippen LogP contribution in [0.2, 0.25) is 0 Å². The lowest BCUT2D eigenvalue weighted by molar-refractivity contribution is -0.137. The topological polar surface area (TPSA) is 33.5 Å². The molecule has 1 aromatic heterocycles. The second-order valence-electron chi connectivity index (χ2n) is 6.34. The number of hydrogen-bond acceptors (Lipinski definition) is 2. The van der Waals surface area contributed by atoms with Crippen LogP contribution < -0.4 is 0 Å². The van der Waals surface area contributed by atoms with Crippen LogP contribution in [0.5, 0.6) is 0 Å². The summed E-state index contributed by atoms with van der Waals surface area (Å²) in [6.45, 7) is 1.53. The van der Waals surface area contributed by atoms with E-state index in [0.717, 1.165) is 43.7 Å². The van der Waals surface area contributed by atoms with Crippen LogP contribution in [0.3, 0.4) is 0 Å². The number of rotatable bonds is 1. The second-order valence-corrected chi connectivity index (χ2v) is 6.34. The molecule has 2 heterocycles. The highest BCUT2D eigenvalue weighted by atomic mass is 16.3. The van der Waals surface area contributed by atoms with Crippen LogP contribution in [0, 0.1) is 5.92 Å². The van der Waals surface area contributed by atoms with E-state index in [1.54, 1.807) is 0 Å². The highest BCUT2D eigenvalue weighted by Crippen LogP contribution is 2.32. The van der Waals surface area contributed by atoms with Gasteiger partial charge < -0.3 is 9.32 Å². The third-order valence-corrected chi connectivity index (χ3v) is 5.01. The Morgan fingerprint density at radius 3 is 2.81 bits per heavy atom. The van der Waals surface area contributed by atoms with Crippen LogP contribution in [0.25, 0.3) is 11.0 Å². The summed E-state index contributed by atoms with van der Waals surface area (Å²) >= 11 is 0. The maximum absolute atomic E-state index is 12.7. The third kappa shape index (κ3) is 2.25. The van der Waals surface area contributed by atoms with Crippen molar-refractivity contribution in [3.05, 3.63) is 35.6 Å². The molecule has 1 aliphatic heterocycles. The molecule has 0 bridgehead atoms. The van der Waals surface area contributed by atoms with Crippen molar-refractivity contribution in [2.24, 2.45) is 5.92 Å². The van der Waals surface area contributed by atoms with Crippen LogP contribution in [0.4, 0.5) is 0 Å². The normalized spacial score (nSPS) is 19.7. The first-order valence-corrected chi connectivity index (χ1v) is 8.11. The van der Waals surface area contributed by atoms with E-state index in [1.165, 1.54) is 30.2 Å². The average molecular weight is 283 g/mol. The van der Waals surface area contributed by atoms with E-state index in [-0.39, 0.29) is 5.92 Å². The molecule has 1 fully saturated rings. The molecule has 0 N–H and O–H groups in total. The molecule has 110 valence electrons. The summed E-state index contributed by atoms with van der Waals surface area (Å²) in [6.07, 6.45) is 6.72. The first-order valence-electron chi connectivity index (χ1n) is 8.11. The summed E-state index contributed by atoms with van der Waals surface area (Å²) < 4.78 is 5.93. The summed E-state index contributed by atoms with van der Waals surface area (Å²) in [6, 6.07) is 8.16. The van der Waals surface area contributed by atoms with Gasteiger partial charge in [-0.15, -0.1) is 0 Å². The van der Waals surface area contributed by atoms with Gasteiger partial charge >= 0.3 is 0 Å². The summed E-state index contributed by atoms with van der Waals surface area (Å²) in [5, 5.41) is 1.17. The van der Waals surface area contributed by atoms with Crippen molar-refractivity contribution in [1.29, 1.82) is 0 Å². The van der Waals surface area contributed by atoms with Crippen molar-refractivity contribution in [2.75, 3.05) is 6.54 Å². The minimum Gasteiger partial charge on any atom is -0.461 e. The van der Waals surface area contributed by atoms with Gasteiger partial charge in [0, 0.05) is 36.4 Å². The number of benzene rings is 1. The lowest BCUT2D eigenvalue weighted by Gasteiger charge is -2.31. The first-order chi connectivity index (χ1) is 10.3. The lowest BCUT2D eigenvalue weighted by Crippen LogP contribution is -2.40. The molecular formula is C18H21NO2. The summed E-state index contributed by atoms with van der Waals surface area (Å²) in [4.78, 5) is 14.8. The van der Waals surface area contributed by atoms with Gasteiger partial charge in [-0.3, -0.25) is 4.79 Å². The van der Waals surface area contributed by atoms with E-state index < -0.39 is 0 Å². The van der Waals surface area contributed by atoms with Crippen LogP contribution in [0.15, 0.2) is 28.7 Å². The van der Waals surface area contributed by atoms with E-state index in [0.29, 0.717) is 5.91 Å². The molecule has 2 aliphatic rings. The molecule has 0 saturated heterocycles. The first kappa shape index (κ1) is 12.9. The Kier molecular flexibility index (Phi) is 3.21. The predicted molar refractivity (Wildman–Crippen MR) is 81.9 cm³/mol. The Morgan fingerprint density at radius 2 is 1.95 bits per heavy atom. The van der Waals surface area contributed by atoms with E-state index in [9.17, 15) is 4.79 Å². The van der Waals surface area contributed by atoms with E-state index in [4.69, 9.17) is 4.42 Å². The Labute approximate surface area is 124 Å². The molecule has 21 heavy (non-hydrogen) atoms. The van der Waals surface area contributed by atoms with Gasteiger partial charge in [0.25, 0.3) is 0 Å². The zero-order valence-electron chi connectivity index (χ0n) is 12.3. The number of para-hydroxylation sites is 1. The Hall–Kier alpha value is -1.77. The number of amides is 1. The predicted octanol–water partition coefficient (Wildman–Crippen LogP) is 3.90. The molecule has 1 aliphatic carbocycles. The SMILES string of the molecule is O=C(C1CCCCC1)N1CCc2oc3ccccc3c2C1. The molecule has 4 rings (SSSR count). The van der Waals surface area contributed by atoms with Gasteiger partial charge in [0.15, 0.2) is 0 Å². The van der Waals surface area contributed by atoms with Crippen molar-refractivity contribution in [3.63, 3.8) is 0 Å². The molecule has 1 saturated carbocycles. The zero-order valence-corrected chi connectivity index (χ0v) is 12.3. The third-order valence-electron chi connectivity index (χ3n) is 5.01. The fourth-order valence-corrected chi connectivity index (χ4v) is 3.83. The van der Waals surface area contributed by atoms with Crippen LogP contribution in [-0.4, -0.2) is 17.4 Å². The van der Waals surface area contributed by atoms with E-state index in [2.05, 4.69) is 11.0 Å². The molecule has 2 aromatic rings. The quantitative estimate of drug-likeness (QED) is 0.795. The van der Waals surface area contributed by atoms with Gasteiger partial charge in [-0.25, -0.2) is 0 Å². The molecular weight excluding hydrogens is 262 g/mol. The standard InChI is InChI=1S/C18H21NO2/c20-18(13-6-2-1-3-7-13)19-11-10-17-15(12-19)14-8-4-5-9-16(14)21-17/h4-5,8-9,13H,1-3,6-7,10-12H2. The Morgan fingerprint density at radius 1 is 1.14 bits per heavy atom. The van der Waals surface area contributed by atoms with Crippen molar-refractivity contribution in [1.82, 2.24) is 4.90 Å². The van der Waals surface area contributed by atoms with Gasteiger partial charge in [-0.2, -0.15) is 0 Å². The average Bonchev–Trinajstić information content (AvgIpc) is 2.93. The maximum Gasteiger partial charge on any atom is 0.225 e. The minimum absolute atomic E-state index is 0.262. The molecule has 1 amide bonds. The molecule has 3 nitrogen and oxygen atoms in total. The Bertz CT molecular complexity index is 667. The fraction of sp³-hybridized carbons (Fsp3) is 0.500. The molecule has 0 spiro atoms. The van der Waals surface area contributed by atoms with Crippen molar-refractivity contribution >= 4 is 16.9 Å². The highest BCUT2D eigenvalue weighted by molar-refractivity contribution is 5.84. The second kappa shape index (κ2) is 5.21. The monoisotopic (exact) mass is 283 g/mol. The highest BCUT2D eigenvalue weighted by Gasteiger charge is 2.30. The molecule has 0 atom stereocenters. The van der Waals surface area contributed by atoms with Gasteiger partial charge in [-0.1, -0.05) is 37.5 Å². The number of hydrogen-bond donors (Lipinski definition) is 0. The van der Waals surface area contributed by atoms with Crippen molar-refractivity contribution in [2.45, 2.75) is 45.1 Å². The van der Waals surface area contributed by atoms with Gasteiger partial charge in [0.1, 0.15) is 11.3 Å². The molecule has 3 heteroatoms. The summed E-state index contributed by atoms with van der Waals surface area (Å²) in [5.74, 6) is 1.70. The number of carbonyl (C=O) groups is 1. The number of carbonyl (C=O) groups excluding carboxylic acids is 1. The van der Waals surface area contributed by atoms with Gasteiger partial charge in [0.2, 0.25) is 5.91 Å².